The van der Waals surface area contributed by atoms with E-state index in [9.17, 15) is 19.2 Å². The minimum absolute atomic E-state index is 0.179. The number of carbonyl (C=O) groups excluding carboxylic acids is 2. The van der Waals surface area contributed by atoms with Crippen molar-refractivity contribution < 1.29 is 38.9 Å². The van der Waals surface area contributed by atoms with Crippen molar-refractivity contribution in [1.29, 1.82) is 0 Å². The van der Waals surface area contributed by atoms with E-state index in [1.165, 1.54) is 6.92 Å². The zero-order chi connectivity index (χ0) is 17.6. The molecule has 0 aliphatic rings. The predicted octanol–water partition coefficient (Wildman–Crippen LogP) is 1.36. The first kappa shape index (κ1) is 17.9. The van der Waals surface area contributed by atoms with Crippen LogP contribution in [0, 0.1) is 0 Å². The van der Waals surface area contributed by atoms with Crippen molar-refractivity contribution >= 4 is 23.9 Å². The van der Waals surface area contributed by atoms with Gasteiger partial charge in [0.15, 0.2) is 0 Å². The van der Waals surface area contributed by atoms with Crippen molar-refractivity contribution in [2.24, 2.45) is 0 Å². The van der Waals surface area contributed by atoms with E-state index in [1.54, 1.807) is 0 Å². The van der Waals surface area contributed by atoms with Gasteiger partial charge in [0.05, 0.1) is 16.7 Å². The Kier molecular flexibility index (Phi) is 6.02. The number of aromatic carboxylic acids is 2. The third kappa shape index (κ3) is 4.95. The first-order valence-corrected chi connectivity index (χ1v) is 6.34. The van der Waals surface area contributed by atoms with Gasteiger partial charge in [0.1, 0.15) is 13.2 Å². The molecule has 0 atom stereocenters. The zero-order valence-corrected chi connectivity index (χ0v) is 12.2. The van der Waals surface area contributed by atoms with E-state index in [-0.39, 0.29) is 29.9 Å². The summed E-state index contributed by atoms with van der Waals surface area (Å²) in [5.41, 5.74) is -0.864. The maximum Gasteiger partial charge on any atom is 0.339 e. The van der Waals surface area contributed by atoms with Gasteiger partial charge in [0, 0.05) is 5.57 Å². The van der Waals surface area contributed by atoms with Gasteiger partial charge < -0.3 is 19.7 Å². The molecule has 0 saturated heterocycles. The molecule has 0 bridgehead atoms. The average molecular weight is 322 g/mol. The van der Waals surface area contributed by atoms with Crippen molar-refractivity contribution in [3.8, 4) is 0 Å². The van der Waals surface area contributed by atoms with Gasteiger partial charge in [-0.3, -0.25) is 0 Å². The Morgan fingerprint density at radius 2 is 1.61 bits per heavy atom. The summed E-state index contributed by atoms with van der Waals surface area (Å²) in [6.07, 6.45) is 0. The summed E-state index contributed by atoms with van der Waals surface area (Å²) in [5.74, 6) is -4.40. The number of benzene rings is 1. The maximum atomic E-state index is 11.9. The molecule has 23 heavy (non-hydrogen) atoms. The van der Waals surface area contributed by atoms with Gasteiger partial charge in [0.25, 0.3) is 0 Å². The summed E-state index contributed by atoms with van der Waals surface area (Å²) in [5, 5.41) is 17.9. The van der Waals surface area contributed by atoms with Gasteiger partial charge >= 0.3 is 23.9 Å². The van der Waals surface area contributed by atoms with Crippen molar-refractivity contribution in [3.63, 3.8) is 0 Å². The van der Waals surface area contributed by atoms with E-state index >= 15 is 0 Å². The Bertz CT molecular complexity index is 674. The second-order valence-corrected chi connectivity index (χ2v) is 4.42. The number of carboxylic acids is 2. The molecule has 0 radical (unpaired) electrons. The zero-order valence-electron chi connectivity index (χ0n) is 12.2. The number of rotatable bonds is 7. The largest absolute Gasteiger partial charge is 0.478 e. The number of ether oxygens (including phenoxy) is 2. The molecule has 8 heteroatoms. The highest BCUT2D eigenvalue weighted by molar-refractivity contribution is 6.04. The maximum absolute atomic E-state index is 11.9. The standard InChI is InChI=1S/C15H14O8/c1-8(2)14(20)22-5-6-23-15(21)11-7-9(12(16)17)3-4-10(11)13(18)19/h3-4,7H,1,5-6H2,2H3,(H,16,17)(H,18,19). The van der Waals surface area contributed by atoms with Crippen LogP contribution in [0.1, 0.15) is 38.0 Å². The monoisotopic (exact) mass is 322 g/mol. The smallest absolute Gasteiger partial charge is 0.339 e. The third-order valence-electron chi connectivity index (χ3n) is 2.61. The minimum atomic E-state index is -1.40. The fourth-order valence-electron chi connectivity index (χ4n) is 1.50. The number of hydrogen-bond acceptors (Lipinski definition) is 6. The van der Waals surface area contributed by atoms with Crippen molar-refractivity contribution in [3.05, 3.63) is 47.0 Å². The van der Waals surface area contributed by atoms with Crippen molar-refractivity contribution in [1.82, 2.24) is 0 Å². The molecule has 0 spiro atoms. The van der Waals surface area contributed by atoms with Gasteiger partial charge in [-0.2, -0.15) is 0 Å². The van der Waals surface area contributed by atoms with Crippen molar-refractivity contribution in [2.45, 2.75) is 6.92 Å². The topological polar surface area (TPSA) is 127 Å². The minimum Gasteiger partial charge on any atom is -0.478 e. The number of carboxylic acid groups (broad SMARTS) is 2. The van der Waals surface area contributed by atoms with Gasteiger partial charge in [-0.15, -0.1) is 0 Å². The molecular formula is C15H14O8. The van der Waals surface area contributed by atoms with E-state index in [4.69, 9.17) is 19.7 Å². The van der Waals surface area contributed by atoms with Gasteiger partial charge in [-0.25, -0.2) is 19.2 Å². The molecule has 122 valence electrons. The first-order chi connectivity index (χ1) is 10.7. The highest BCUT2D eigenvalue weighted by Crippen LogP contribution is 2.14. The van der Waals surface area contributed by atoms with Crippen LogP contribution in [0.2, 0.25) is 0 Å². The van der Waals surface area contributed by atoms with E-state index in [0.29, 0.717) is 0 Å². The normalized spacial score (nSPS) is 9.78. The lowest BCUT2D eigenvalue weighted by Crippen LogP contribution is -2.17. The molecule has 0 fully saturated rings. The molecule has 0 amide bonds. The Hall–Kier alpha value is -3.16. The van der Waals surface area contributed by atoms with E-state index < -0.39 is 29.4 Å². The summed E-state index contributed by atoms with van der Waals surface area (Å²) >= 11 is 0. The van der Waals surface area contributed by atoms with Crippen LogP contribution in [0.15, 0.2) is 30.4 Å². The Balaban J connectivity index is 2.80. The number of carbonyl (C=O) groups is 4. The lowest BCUT2D eigenvalue weighted by atomic mass is 10.0. The van der Waals surface area contributed by atoms with E-state index in [0.717, 1.165) is 18.2 Å². The fraction of sp³-hybridized carbons (Fsp3) is 0.200. The second-order valence-electron chi connectivity index (χ2n) is 4.42. The van der Waals surface area contributed by atoms with Crippen molar-refractivity contribution in [2.75, 3.05) is 13.2 Å². The molecule has 1 rings (SSSR count). The van der Waals surface area contributed by atoms with Crippen LogP contribution < -0.4 is 0 Å². The second kappa shape index (κ2) is 7.74. The molecule has 1 aromatic carbocycles. The molecule has 0 unspecified atom stereocenters. The van der Waals surface area contributed by atoms with Crippen LogP contribution in [-0.4, -0.2) is 47.3 Å². The predicted molar refractivity (Wildman–Crippen MR) is 76.4 cm³/mol. The van der Waals surface area contributed by atoms with Crippen LogP contribution in [0.5, 0.6) is 0 Å². The Labute approximate surface area is 130 Å². The molecule has 0 aromatic heterocycles. The number of esters is 2. The first-order valence-electron chi connectivity index (χ1n) is 6.34. The molecule has 0 heterocycles. The van der Waals surface area contributed by atoms with E-state index in [2.05, 4.69) is 6.58 Å². The molecule has 0 aliphatic carbocycles. The third-order valence-corrected chi connectivity index (χ3v) is 2.61. The van der Waals surface area contributed by atoms with E-state index in [1.807, 2.05) is 0 Å². The molecule has 0 saturated carbocycles. The lowest BCUT2D eigenvalue weighted by molar-refractivity contribution is -0.140. The summed E-state index contributed by atoms with van der Waals surface area (Å²) in [4.78, 5) is 45.0. The summed E-state index contributed by atoms with van der Waals surface area (Å²) in [7, 11) is 0. The van der Waals surface area contributed by atoms with Crippen LogP contribution in [0.25, 0.3) is 0 Å². The molecular weight excluding hydrogens is 308 g/mol. The molecule has 0 aliphatic heterocycles. The number of hydrogen-bond donors (Lipinski definition) is 2. The SMILES string of the molecule is C=C(C)C(=O)OCCOC(=O)c1cc(C(=O)O)ccc1C(=O)O. The quantitative estimate of drug-likeness (QED) is 0.437. The van der Waals surface area contributed by atoms with Crippen LogP contribution in [0.4, 0.5) is 0 Å². The summed E-state index contributed by atoms with van der Waals surface area (Å²) < 4.78 is 9.48. The van der Waals surface area contributed by atoms with Crippen LogP contribution in [-0.2, 0) is 14.3 Å². The van der Waals surface area contributed by atoms with Gasteiger partial charge in [-0.1, -0.05) is 6.58 Å². The molecule has 1 aromatic rings. The van der Waals surface area contributed by atoms with Gasteiger partial charge in [-0.05, 0) is 25.1 Å². The molecule has 8 nitrogen and oxygen atoms in total. The van der Waals surface area contributed by atoms with Gasteiger partial charge in [0.2, 0.25) is 0 Å². The highest BCUT2D eigenvalue weighted by atomic mass is 16.6. The summed E-state index contributed by atoms with van der Waals surface area (Å²) in [6, 6.07) is 2.98. The highest BCUT2D eigenvalue weighted by Gasteiger charge is 2.20. The average Bonchev–Trinajstić information content (AvgIpc) is 2.49. The Morgan fingerprint density at radius 3 is 2.13 bits per heavy atom. The van der Waals surface area contributed by atoms with Crippen LogP contribution >= 0.6 is 0 Å². The lowest BCUT2D eigenvalue weighted by Gasteiger charge is -2.09. The summed E-state index contributed by atoms with van der Waals surface area (Å²) in [6.45, 7) is 4.27. The fourth-order valence-corrected chi connectivity index (χ4v) is 1.50. The Morgan fingerprint density at radius 1 is 1.00 bits per heavy atom. The molecule has 2 N–H and O–H groups in total. The van der Waals surface area contributed by atoms with Crippen LogP contribution in [0.3, 0.4) is 0 Å².